The number of rotatable bonds is 5. The highest BCUT2D eigenvalue weighted by Gasteiger charge is 2.50. The van der Waals surface area contributed by atoms with Gasteiger partial charge < -0.3 is 68.6 Å². The van der Waals surface area contributed by atoms with E-state index < -0.39 is 79.2 Å². The van der Waals surface area contributed by atoms with Crippen molar-refractivity contribution in [1.82, 2.24) is 0 Å². The molecule has 0 saturated carbocycles. The van der Waals surface area contributed by atoms with Crippen molar-refractivity contribution in [3.8, 4) is 23.0 Å². The average Bonchev–Trinajstić information content (AvgIpc) is 3.43. The molecule has 7 N–H and O–H groups in total. The molecule has 0 spiro atoms. The predicted molar refractivity (Wildman–Crippen MR) is 133 cm³/mol. The molecule has 2 fully saturated rings. The predicted octanol–water partition coefficient (Wildman–Crippen LogP) is -1.59. The molecular formula is C26H28O15. The Bertz CT molecular complexity index is 1510. The van der Waals surface area contributed by atoms with E-state index in [-0.39, 0.29) is 46.0 Å². The van der Waals surface area contributed by atoms with Crippen LogP contribution in [0.3, 0.4) is 0 Å². The maximum atomic E-state index is 13.4. The van der Waals surface area contributed by atoms with Crippen molar-refractivity contribution in [1.29, 1.82) is 0 Å². The molecule has 4 heterocycles. The van der Waals surface area contributed by atoms with E-state index in [1.54, 1.807) is 0 Å². The smallest absolute Gasteiger partial charge is 0.231 e. The summed E-state index contributed by atoms with van der Waals surface area (Å²) in [6.45, 7) is 0.606. The molecule has 0 radical (unpaired) electrons. The maximum Gasteiger partial charge on any atom is 0.231 e. The van der Waals surface area contributed by atoms with Gasteiger partial charge in [0.05, 0.1) is 18.1 Å². The Morgan fingerprint density at radius 2 is 1.68 bits per heavy atom. The highest BCUT2D eigenvalue weighted by molar-refractivity contribution is 5.96. The zero-order valence-corrected chi connectivity index (χ0v) is 21.4. The molecule has 41 heavy (non-hydrogen) atoms. The van der Waals surface area contributed by atoms with Crippen molar-refractivity contribution >= 4 is 21.9 Å². The zero-order valence-electron chi connectivity index (χ0n) is 21.4. The zero-order chi connectivity index (χ0) is 29.2. The van der Waals surface area contributed by atoms with Gasteiger partial charge in [0.15, 0.2) is 23.9 Å². The van der Waals surface area contributed by atoms with Crippen molar-refractivity contribution < 1.29 is 68.6 Å². The molecule has 222 valence electrons. The van der Waals surface area contributed by atoms with E-state index in [0.29, 0.717) is 0 Å². The molecule has 0 bridgehead atoms. The summed E-state index contributed by atoms with van der Waals surface area (Å²) in [5.41, 5.74) is -0.393. The number of aromatic hydroxyl groups is 1. The van der Waals surface area contributed by atoms with Gasteiger partial charge in [-0.3, -0.25) is 4.79 Å². The number of hydrogen-bond donors (Lipinski definition) is 7. The van der Waals surface area contributed by atoms with Gasteiger partial charge in [0.25, 0.3) is 0 Å². The highest BCUT2D eigenvalue weighted by Crippen LogP contribution is 2.45. The van der Waals surface area contributed by atoms with Gasteiger partial charge in [-0.15, -0.1) is 0 Å². The Kier molecular flexibility index (Phi) is 7.17. The fraction of sp³-hybridized carbons (Fsp3) is 0.500. The molecule has 1 aromatic heterocycles. The third-order valence-electron chi connectivity index (χ3n) is 7.42. The van der Waals surface area contributed by atoms with Gasteiger partial charge in [-0.25, -0.2) is 0 Å². The summed E-state index contributed by atoms with van der Waals surface area (Å²) in [6.07, 6.45) is -15.0. The van der Waals surface area contributed by atoms with Gasteiger partial charge in [-0.05, 0) is 25.1 Å². The Balaban J connectivity index is 1.33. The maximum absolute atomic E-state index is 13.4. The van der Waals surface area contributed by atoms with Crippen LogP contribution in [-0.4, -0.2) is 111 Å². The number of ether oxygens (including phenoxy) is 6. The molecule has 3 aliphatic heterocycles. The molecule has 2 saturated heterocycles. The lowest BCUT2D eigenvalue weighted by molar-refractivity contribution is -0.354. The van der Waals surface area contributed by atoms with Crippen LogP contribution in [0, 0.1) is 0 Å². The summed E-state index contributed by atoms with van der Waals surface area (Å²) >= 11 is 0. The van der Waals surface area contributed by atoms with Crippen molar-refractivity contribution in [2.45, 2.75) is 68.3 Å². The first-order valence-corrected chi connectivity index (χ1v) is 12.8. The Hall–Kier alpha value is -3.25. The highest BCUT2D eigenvalue weighted by atomic mass is 16.8. The van der Waals surface area contributed by atoms with E-state index >= 15 is 0 Å². The second-order valence-corrected chi connectivity index (χ2v) is 10.0. The van der Waals surface area contributed by atoms with E-state index in [2.05, 4.69) is 0 Å². The molecule has 0 amide bonds. The van der Waals surface area contributed by atoms with Crippen LogP contribution in [-0.2, 0) is 14.2 Å². The van der Waals surface area contributed by atoms with Crippen molar-refractivity contribution in [2.75, 3.05) is 13.4 Å². The minimum Gasteiger partial charge on any atom is -0.504 e. The lowest BCUT2D eigenvalue weighted by Gasteiger charge is -2.45. The first kappa shape index (κ1) is 27.9. The molecule has 0 aliphatic carbocycles. The van der Waals surface area contributed by atoms with Gasteiger partial charge in [-0.1, -0.05) is 0 Å². The van der Waals surface area contributed by atoms with Crippen LogP contribution in [0.5, 0.6) is 23.0 Å². The number of fused-ring (bicyclic) bond motifs is 3. The topological polar surface area (TPSA) is 227 Å². The summed E-state index contributed by atoms with van der Waals surface area (Å²) in [5.74, 6) is -0.205. The lowest BCUT2D eigenvalue weighted by Crippen LogP contribution is -2.64. The summed E-state index contributed by atoms with van der Waals surface area (Å²) < 4.78 is 39.0. The van der Waals surface area contributed by atoms with Gasteiger partial charge in [-0.2, -0.15) is 0 Å². The molecule has 15 heteroatoms. The minimum atomic E-state index is -1.73. The first-order chi connectivity index (χ1) is 19.6. The second-order valence-electron chi connectivity index (χ2n) is 10.0. The minimum absolute atomic E-state index is 0.00806. The molecular weight excluding hydrogens is 552 g/mol. The number of aliphatic hydroxyl groups is 6. The Labute approximate surface area is 230 Å². The van der Waals surface area contributed by atoms with Crippen molar-refractivity contribution in [3.05, 3.63) is 34.5 Å². The summed E-state index contributed by atoms with van der Waals surface area (Å²) in [7, 11) is 0. The molecule has 6 rings (SSSR count). The standard InChI is InChI=1S/C26H28O15/c1-8-16(28)20(32)22(34)25(37-8)41-24-21(33)18(30)14(6-27)40-26(24)38-9-2-3-11-10(4-9)17(29)15-12(39-11)5-13-23(19(15)31)36-7-35-13/h2-5,8,14,16,18,20-22,24-28,30-34H,6-7H2,1H3/t8-,14+,16-,18+,20+,21-,22+,24+,25-,26+/m0/s1. The number of phenols is 1. The van der Waals surface area contributed by atoms with Gasteiger partial charge in [0.1, 0.15) is 58.9 Å². The van der Waals surface area contributed by atoms with Crippen LogP contribution in [0.15, 0.2) is 33.5 Å². The number of hydrogen-bond acceptors (Lipinski definition) is 15. The van der Waals surface area contributed by atoms with Crippen LogP contribution in [0.2, 0.25) is 0 Å². The number of phenolic OH excluding ortho intramolecular Hbond substituents is 1. The fourth-order valence-corrected chi connectivity index (χ4v) is 5.11. The largest absolute Gasteiger partial charge is 0.504 e. The molecule has 15 nitrogen and oxygen atoms in total. The molecule has 3 aliphatic rings. The van der Waals surface area contributed by atoms with Crippen LogP contribution in [0.4, 0.5) is 0 Å². The van der Waals surface area contributed by atoms with Gasteiger partial charge >= 0.3 is 0 Å². The quantitative estimate of drug-likeness (QED) is 0.169. The van der Waals surface area contributed by atoms with Gasteiger partial charge in [0, 0.05) is 6.07 Å². The Morgan fingerprint density at radius 1 is 0.902 bits per heavy atom. The van der Waals surface area contributed by atoms with Gasteiger partial charge in [0.2, 0.25) is 24.3 Å². The third-order valence-corrected chi connectivity index (χ3v) is 7.42. The molecule has 10 atom stereocenters. The second kappa shape index (κ2) is 10.5. The van der Waals surface area contributed by atoms with Crippen LogP contribution >= 0.6 is 0 Å². The summed E-state index contributed by atoms with van der Waals surface area (Å²) in [5, 5.41) is 71.9. The van der Waals surface area contributed by atoms with Crippen molar-refractivity contribution in [2.24, 2.45) is 0 Å². The molecule has 3 aromatic rings. The average molecular weight is 580 g/mol. The van der Waals surface area contributed by atoms with E-state index in [1.165, 1.54) is 31.2 Å². The van der Waals surface area contributed by atoms with E-state index in [9.17, 15) is 40.5 Å². The van der Waals surface area contributed by atoms with E-state index in [4.69, 9.17) is 32.8 Å². The van der Waals surface area contributed by atoms with Crippen LogP contribution in [0.25, 0.3) is 21.9 Å². The monoisotopic (exact) mass is 580 g/mol. The van der Waals surface area contributed by atoms with Crippen molar-refractivity contribution in [3.63, 3.8) is 0 Å². The third kappa shape index (κ3) is 4.64. The normalized spacial score (nSPS) is 35.2. The summed E-state index contributed by atoms with van der Waals surface area (Å²) in [6, 6.07) is 5.57. The van der Waals surface area contributed by atoms with Crippen LogP contribution < -0.4 is 19.6 Å². The van der Waals surface area contributed by atoms with E-state index in [1.807, 2.05) is 0 Å². The lowest BCUT2D eigenvalue weighted by atomic mass is 9.97. The molecule has 2 aromatic carbocycles. The first-order valence-electron chi connectivity index (χ1n) is 12.8. The number of aliphatic hydroxyl groups excluding tert-OH is 6. The SMILES string of the molecule is C[C@@H]1O[C@@H](O[C@H]2[C@H](Oc3ccc4oc5cc6c(c(O)c5c(=O)c4c3)OCO6)O[C@H](CO)[C@@H](O)[C@@H]2O)[C@H](O)[C@H](O)[C@H]1O. The fourth-order valence-electron chi connectivity index (χ4n) is 5.11. The van der Waals surface area contributed by atoms with Crippen LogP contribution in [0.1, 0.15) is 6.92 Å². The van der Waals surface area contributed by atoms with E-state index in [0.717, 1.165) is 0 Å². The summed E-state index contributed by atoms with van der Waals surface area (Å²) in [4.78, 5) is 13.4. The molecule has 0 unspecified atom stereocenters. The number of benzene rings is 2. The Morgan fingerprint density at radius 3 is 2.44 bits per heavy atom.